The SMILES string of the molecule is [2H]c1ccc2ccn(C)c2c1. The minimum Gasteiger partial charge on any atom is -0.351 e. The third-order valence-corrected chi connectivity index (χ3v) is 1.73. The lowest BCUT2D eigenvalue weighted by atomic mass is 10.2. The highest BCUT2D eigenvalue weighted by Crippen LogP contribution is 2.12. The Bertz CT molecular complexity index is 389. The maximum absolute atomic E-state index is 7.40. The number of rotatable bonds is 0. The van der Waals surface area contributed by atoms with E-state index in [4.69, 9.17) is 1.37 Å². The van der Waals surface area contributed by atoms with Gasteiger partial charge in [0.25, 0.3) is 0 Å². The second-order valence-electron chi connectivity index (χ2n) is 2.41. The molecule has 0 unspecified atom stereocenters. The molecule has 0 fully saturated rings. The summed E-state index contributed by atoms with van der Waals surface area (Å²) in [5.74, 6) is 0. The third-order valence-electron chi connectivity index (χ3n) is 1.73. The predicted octanol–water partition coefficient (Wildman–Crippen LogP) is 2.18. The molecule has 0 aliphatic rings. The van der Waals surface area contributed by atoms with E-state index in [2.05, 4.69) is 6.07 Å². The van der Waals surface area contributed by atoms with E-state index in [1.807, 2.05) is 36.0 Å². The molecule has 0 amide bonds. The number of hydrogen-bond donors (Lipinski definition) is 0. The number of hydrogen-bond acceptors (Lipinski definition) is 0. The van der Waals surface area contributed by atoms with Crippen LogP contribution in [0.3, 0.4) is 0 Å². The van der Waals surface area contributed by atoms with Crippen molar-refractivity contribution in [1.29, 1.82) is 0 Å². The predicted molar refractivity (Wildman–Crippen MR) is 42.9 cm³/mol. The van der Waals surface area contributed by atoms with E-state index in [-0.39, 0.29) is 0 Å². The number of nitrogens with zero attached hydrogens (tertiary/aromatic N) is 1. The maximum atomic E-state index is 7.40. The fraction of sp³-hybridized carbons (Fsp3) is 0.111. The van der Waals surface area contributed by atoms with E-state index < -0.39 is 0 Å². The summed E-state index contributed by atoms with van der Waals surface area (Å²) in [6.07, 6.45) is 2.00. The van der Waals surface area contributed by atoms with E-state index in [0.29, 0.717) is 6.04 Å². The highest BCUT2D eigenvalue weighted by molar-refractivity contribution is 5.79. The third kappa shape index (κ3) is 0.637. The first kappa shape index (κ1) is 4.56. The van der Waals surface area contributed by atoms with Crippen LogP contribution in [0.25, 0.3) is 10.9 Å². The Kier molecular flexibility index (Phi) is 0.853. The van der Waals surface area contributed by atoms with Crippen molar-refractivity contribution in [2.45, 2.75) is 0 Å². The summed E-state index contributed by atoms with van der Waals surface area (Å²) in [5, 5.41) is 1.20. The minimum atomic E-state index is 0.569. The molecule has 0 aliphatic carbocycles. The molecule has 2 aromatic rings. The molecule has 0 bridgehead atoms. The summed E-state index contributed by atoms with van der Waals surface area (Å²) in [6, 6.07) is 8.27. The lowest BCUT2D eigenvalue weighted by Crippen LogP contribution is -1.81. The maximum Gasteiger partial charge on any atom is 0.0623 e. The van der Waals surface area contributed by atoms with Gasteiger partial charge in [-0.3, -0.25) is 0 Å². The molecule has 1 aromatic carbocycles. The quantitative estimate of drug-likeness (QED) is 0.517. The molecule has 0 N–H and O–H groups in total. The number of aromatic nitrogens is 1. The molecular formula is C9H9N. The smallest absolute Gasteiger partial charge is 0.0623 e. The van der Waals surface area contributed by atoms with Crippen molar-refractivity contribution in [1.82, 2.24) is 4.57 Å². The molecule has 1 nitrogen and oxygen atoms in total. The summed E-state index contributed by atoms with van der Waals surface area (Å²) in [4.78, 5) is 0. The van der Waals surface area contributed by atoms with Crippen molar-refractivity contribution >= 4 is 10.9 Å². The fourth-order valence-electron chi connectivity index (χ4n) is 1.15. The average molecular weight is 132 g/mol. The Morgan fingerprint density at radius 3 is 3.20 bits per heavy atom. The van der Waals surface area contributed by atoms with Gasteiger partial charge in [0.15, 0.2) is 0 Å². The molecule has 1 heteroatoms. The zero-order valence-corrected chi connectivity index (χ0v) is 5.83. The van der Waals surface area contributed by atoms with E-state index >= 15 is 0 Å². The summed E-state index contributed by atoms with van der Waals surface area (Å²) < 4.78 is 9.42. The van der Waals surface area contributed by atoms with Gasteiger partial charge < -0.3 is 4.57 Å². The molecule has 0 spiro atoms. The van der Waals surface area contributed by atoms with E-state index in [1.165, 1.54) is 5.39 Å². The Morgan fingerprint density at radius 2 is 2.30 bits per heavy atom. The summed E-state index contributed by atoms with van der Waals surface area (Å²) >= 11 is 0. The molecule has 0 aliphatic heterocycles. The zero-order valence-electron chi connectivity index (χ0n) is 6.83. The molecular weight excluding hydrogens is 122 g/mol. The first-order valence-corrected chi connectivity index (χ1v) is 3.29. The Hall–Kier alpha value is -1.24. The first-order valence-electron chi connectivity index (χ1n) is 3.79. The van der Waals surface area contributed by atoms with Crippen LogP contribution in [0.2, 0.25) is 0 Å². The molecule has 50 valence electrons. The minimum absolute atomic E-state index is 0.569. The Labute approximate surface area is 61.3 Å². The molecule has 0 saturated carbocycles. The van der Waals surface area contributed by atoms with Crippen molar-refractivity contribution in [3.8, 4) is 0 Å². The van der Waals surface area contributed by atoms with Crippen LogP contribution in [0.1, 0.15) is 1.37 Å². The average Bonchev–Trinajstić information content (AvgIpc) is 2.33. The second-order valence-corrected chi connectivity index (χ2v) is 2.41. The first-order chi connectivity index (χ1) is 5.27. The molecule has 2 rings (SSSR count). The lowest BCUT2D eigenvalue weighted by molar-refractivity contribution is 0.969. The number of para-hydroxylation sites is 1. The standard InChI is InChI=1S/C9H9N/c1-10-7-6-8-4-2-3-5-9(8)10/h2-7H,1H3/i3D. The van der Waals surface area contributed by atoms with Gasteiger partial charge in [0.05, 0.1) is 1.37 Å². The molecule has 0 radical (unpaired) electrons. The van der Waals surface area contributed by atoms with Gasteiger partial charge in [-0.05, 0) is 17.5 Å². The van der Waals surface area contributed by atoms with Gasteiger partial charge in [0.2, 0.25) is 0 Å². The van der Waals surface area contributed by atoms with Crippen LogP contribution >= 0.6 is 0 Å². The van der Waals surface area contributed by atoms with Gasteiger partial charge >= 0.3 is 0 Å². The number of benzene rings is 1. The molecule has 1 heterocycles. The number of aryl methyl sites for hydroxylation is 1. The zero-order chi connectivity index (χ0) is 7.84. The van der Waals surface area contributed by atoms with E-state index in [9.17, 15) is 0 Å². The van der Waals surface area contributed by atoms with Crippen molar-refractivity contribution < 1.29 is 1.37 Å². The molecule has 10 heavy (non-hydrogen) atoms. The van der Waals surface area contributed by atoms with Crippen LogP contribution in [-0.4, -0.2) is 4.57 Å². The molecule has 1 aromatic heterocycles. The van der Waals surface area contributed by atoms with Crippen molar-refractivity contribution in [2.24, 2.45) is 7.05 Å². The van der Waals surface area contributed by atoms with Crippen molar-refractivity contribution in [3.05, 3.63) is 36.5 Å². The summed E-state index contributed by atoms with van der Waals surface area (Å²) in [7, 11) is 1.99. The molecule has 0 atom stereocenters. The van der Waals surface area contributed by atoms with Crippen LogP contribution in [-0.2, 0) is 7.05 Å². The highest BCUT2D eigenvalue weighted by Gasteiger charge is 1.92. The highest BCUT2D eigenvalue weighted by atomic mass is 14.9. The van der Waals surface area contributed by atoms with E-state index in [0.717, 1.165) is 5.52 Å². The van der Waals surface area contributed by atoms with Crippen LogP contribution in [0.15, 0.2) is 36.5 Å². The van der Waals surface area contributed by atoms with Gasteiger partial charge in [-0.1, -0.05) is 18.2 Å². The fourth-order valence-corrected chi connectivity index (χ4v) is 1.15. The van der Waals surface area contributed by atoms with Crippen molar-refractivity contribution in [3.63, 3.8) is 0 Å². The van der Waals surface area contributed by atoms with Gasteiger partial charge in [-0.25, -0.2) is 0 Å². The Balaban J connectivity index is 2.87. The van der Waals surface area contributed by atoms with Crippen molar-refractivity contribution in [2.75, 3.05) is 0 Å². The van der Waals surface area contributed by atoms with Crippen LogP contribution in [0.5, 0.6) is 0 Å². The van der Waals surface area contributed by atoms with Crippen LogP contribution in [0, 0.1) is 0 Å². The Morgan fingerprint density at radius 1 is 1.40 bits per heavy atom. The van der Waals surface area contributed by atoms with Gasteiger partial charge in [-0.15, -0.1) is 0 Å². The lowest BCUT2D eigenvalue weighted by Gasteiger charge is -1.92. The second kappa shape index (κ2) is 1.87. The van der Waals surface area contributed by atoms with E-state index in [1.54, 1.807) is 0 Å². The van der Waals surface area contributed by atoms with Crippen LogP contribution < -0.4 is 0 Å². The van der Waals surface area contributed by atoms with Crippen LogP contribution in [0.4, 0.5) is 0 Å². The molecule has 0 saturated heterocycles. The van der Waals surface area contributed by atoms with Gasteiger partial charge in [-0.2, -0.15) is 0 Å². The van der Waals surface area contributed by atoms with Gasteiger partial charge in [0.1, 0.15) is 0 Å². The topological polar surface area (TPSA) is 4.93 Å². The monoisotopic (exact) mass is 132 g/mol. The summed E-state index contributed by atoms with van der Waals surface area (Å²) in [6.45, 7) is 0. The van der Waals surface area contributed by atoms with Gasteiger partial charge in [0, 0.05) is 18.8 Å². The number of fused-ring (bicyclic) bond motifs is 1. The largest absolute Gasteiger partial charge is 0.351 e. The normalized spacial score (nSPS) is 11.9. The summed E-state index contributed by atoms with van der Waals surface area (Å²) in [5.41, 5.74) is 1.12.